The lowest BCUT2D eigenvalue weighted by atomic mass is 9.65. The van der Waals surface area contributed by atoms with Crippen molar-refractivity contribution in [3.05, 3.63) is 0 Å². The van der Waals surface area contributed by atoms with Crippen LogP contribution in [0.5, 0.6) is 0 Å². The van der Waals surface area contributed by atoms with E-state index in [-0.39, 0.29) is 53.9 Å². The van der Waals surface area contributed by atoms with Crippen molar-refractivity contribution in [3.8, 4) is 11.8 Å². The first-order chi connectivity index (χ1) is 9.60. The Morgan fingerprint density at radius 2 is 1.27 bits per heavy atom. The molecular formula is C24H54O2. The molecule has 2 saturated heterocycles. The molecule has 4 atom stereocenters. The van der Waals surface area contributed by atoms with Crippen LogP contribution in [0.2, 0.25) is 0 Å². The normalized spacial score (nSPS) is 36.0. The Labute approximate surface area is 168 Å². The third kappa shape index (κ3) is 6.58. The van der Waals surface area contributed by atoms with Crippen molar-refractivity contribution in [2.45, 2.75) is 142 Å². The Morgan fingerprint density at radius 3 is 1.50 bits per heavy atom. The van der Waals surface area contributed by atoms with Crippen molar-refractivity contribution in [3.63, 3.8) is 0 Å². The van der Waals surface area contributed by atoms with Crippen molar-refractivity contribution in [2.75, 3.05) is 0 Å². The van der Waals surface area contributed by atoms with E-state index in [4.69, 9.17) is 9.47 Å². The van der Waals surface area contributed by atoms with Crippen LogP contribution in [0.1, 0.15) is 119 Å². The van der Waals surface area contributed by atoms with Gasteiger partial charge in [0.2, 0.25) is 0 Å². The van der Waals surface area contributed by atoms with Crippen molar-refractivity contribution < 1.29 is 9.47 Å². The van der Waals surface area contributed by atoms with Gasteiger partial charge in [-0.2, -0.15) is 0 Å². The van der Waals surface area contributed by atoms with Crippen LogP contribution in [-0.2, 0) is 9.47 Å². The van der Waals surface area contributed by atoms with Crippen LogP contribution in [-0.4, -0.2) is 22.9 Å². The third-order valence-electron chi connectivity index (χ3n) is 5.66. The molecule has 162 valence electrons. The predicted molar refractivity (Wildman–Crippen MR) is 123 cm³/mol. The molecule has 0 aromatic heterocycles. The Balaban J connectivity index is -0.0000000900. The van der Waals surface area contributed by atoms with Gasteiger partial charge in [0, 0.05) is 0 Å². The van der Waals surface area contributed by atoms with Gasteiger partial charge in [0.15, 0.2) is 5.60 Å². The average molecular weight is 375 g/mol. The Hall–Kier alpha value is -0.520. The molecule has 2 nitrogen and oxygen atoms in total. The van der Waals surface area contributed by atoms with Crippen molar-refractivity contribution in [1.82, 2.24) is 0 Å². The summed E-state index contributed by atoms with van der Waals surface area (Å²) >= 11 is 0. The third-order valence-corrected chi connectivity index (χ3v) is 5.66. The number of rotatable bonds is 0. The summed E-state index contributed by atoms with van der Waals surface area (Å²) in [5, 5.41) is 0. The van der Waals surface area contributed by atoms with E-state index in [9.17, 15) is 0 Å². The zero-order valence-electron chi connectivity index (χ0n) is 15.5. The zero-order chi connectivity index (χ0) is 16.5. The summed E-state index contributed by atoms with van der Waals surface area (Å²) in [6.07, 6.45) is 4.25. The van der Waals surface area contributed by atoms with Crippen LogP contribution in [0, 0.1) is 17.3 Å². The fourth-order valence-electron chi connectivity index (χ4n) is 3.39. The van der Waals surface area contributed by atoms with E-state index in [0.29, 0.717) is 11.5 Å². The highest BCUT2D eigenvalue weighted by Crippen LogP contribution is 2.64. The summed E-state index contributed by atoms with van der Waals surface area (Å²) in [5.41, 5.74) is 0.682. The van der Waals surface area contributed by atoms with Gasteiger partial charge in [-0.15, -0.1) is 5.92 Å². The molecule has 26 heavy (non-hydrogen) atoms. The average Bonchev–Trinajstić information content (AvgIpc) is 3.18. The van der Waals surface area contributed by atoms with E-state index in [0.717, 1.165) is 0 Å². The number of hydrogen-bond donors (Lipinski definition) is 0. The summed E-state index contributed by atoms with van der Waals surface area (Å²) in [7, 11) is 0. The highest BCUT2D eigenvalue weighted by molar-refractivity contribution is 5.21. The van der Waals surface area contributed by atoms with Crippen LogP contribution in [0.3, 0.4) is 0 Å². The molecule has 0 amide bonds. The number of ether oxygens (including phenoxy) is 2. The number of hydrogen-bond acceptors (Lipinski definition) is 2. The molecule has 0 aromatic carbocycles. The number of epoxide rings is 2. The number of fused-ring (bicyclic) bond motifs is 1. The van der Waals surface area contributed by atoms with Crippen LogP contribution in [0.4, 0.5) is 0 Å². The fraction of sp³-hybridized carbons (Fsp3) is 0.917. The van der Waals surface area contributed by atoms with Gasteiger partial charge < -0.3 is 9.47 Å². The molecule has 1 saturated carbocycles. The molecule has 4 unspecified atom stereocenters. The van der Waals surface area contributed by atoms with Crippen molar-refractivity contribution >= 4 is 0 Å². The maximum Gasteiger partial charge on any atom is 0.152 e. The summed E-state index contributed by atoms with van der Waals surface area (Å²) in [6.45, 7) is 19.1. The minimum Gasteiger partial charge on any atom is -0.363 e. The highest BCUT2D eigenvalue weighted by Gasteiger charge is 2.71. The van der Waals surface area contributed by atoms with Gasteiger partial charge in [-0.3, -0.25) is 0 Å². The molecule has 3 fully saturated rings. The topological polar surface area (TPSA) is 25.1 Å². The van der Waals surface area contributed by atoms with Crippen molar-refractivity contribution in [2.24, 2.45) is 5.41 Å². The lowest BCUT2D eigenvalue weighted by Gasteiger charge is -2.35. The summed E-state index contributed by atoms with van der Waals surface area (Å²) in [5.74, 6) is 5.80. The van der Waals surface area contributed by atoms with Crippen LogP contribution in [0.15, 0.2) is 0 Å². The standard InChI is InChI=1S/C10H18O.C7H10O.C2H6.5CH4/c1-8(2)6-5-7-9(3)10(8,4)11-9;1-4-5-7(3)6(2)8-7;1-2;;;;;/h5-7H2,1-4H3;6H,1-3H3;1-2H3;5*1H4. The lowest BCUT2D eigenvalue weighted by Crippen LogP contribution is -2.39. The molecule has 1 aliphatic carbocycles. The van der Waals surface area contributed by atoms with E-state index in [1.807, 2.05) is 34.6 Å². The molecule has 0 aromatic rings. The predicted octanol–water partition coefficient (Wildman–Crippen LogP) is 8.14. The molecule has 0 radical (unpaired) electrons. The van der Waals surface area contributed by atoms with Crippen LogP contribution >= 0.6 is 0 Å². The lowest BCUT2D eigenvalue weighted by molar-refractivity contribution is 0.140. The van der Waals surface area contributed by atoms with E-state index in [1.54, 1.807) is 0 Å². The van der Waals surface area contributed by atoms with Gasteiger partial charge in [0.05, 0.1) is 17.3 Å². The fourth-order valence-corrected chi connectivity index (χ4v) is 3.39. The molecular weight excluding hydrogens is 320 g/mol. The highest BCUT2D eigenvalue weighted by atomic mass is 16.6. The zero-order valence-corrected chi connectivity index (χ0v) is 15.5. The summed E-state index contributed by atoms with van der Waals surface area (Å²) in [6, 6.07) is 0. The largest absolute Gasteiger partial charge is 0.363 e. The molecule has 3 rings (SSSR count). The molecule has 0 spiro atoms. The second kappa shape index (κ2) is 12.0. The summed E-state index contributed by atoms with van der Waals surface area (Å²) < 4.78 is 11.0. The maximum absolute atomic E-state index is 5.87. The van der Waals surface area contributed by atoms with Gasteiger partial charge in [-0.25, -0.2) is 0 Å². The Morgan fingerprint density at radius 1 is 0.846 bits per heavy atom. The quantitative estimate of drug-likeness (QED) is 0.316. The monoisotopic (exact) mass is 374 g/mol. The summed E-state index contributed by atoms with van der Waals surface area (Å²) in [4.78, 5) is 0. The van der Waals surface area contributed by atoms with E-state index >= 15 is 0 Å². The van der Waals surface area contributed by atoms with E-state index in [2.05, 4.69) is 39.5 Å². The minimum absolute atomic E-state index is 0. The first-order valence-corrected chi connectivity index (χ1v) is 8.42. The van der Waals surface area contributed by atoms with E-state index < -0.39 is 0 Å². The van der Waals surface area contributed by atoms with Gasteiger partial charge >= 0.3 is 0 Å². The second-order valence-corrected chi connectivity index (χ2v) is 7.35. The SMILES string of the molecule is C.C.C.C.C.CC.CC#CC1(C)OC1C.CC1(C)CCCC2(C)OC12C. The van der Waals surface area contributed by atoms with E-state index in [1.165, 1.54) is 19.3 Å². The minimum atomic E-state index is -0.102. The molecule has 2 aliphatic heterocycles. The molecule has 3 aliphatic rings. The molecule has 0 N–H and O–H groups in total. The molecule has 2 heteroatoms. The smallest absolute Gasteiger partial charge is 0.152 e. The Bertz CT molecular complexity index is 431. The first-order valence-electron chi connectivity index (χ1n) is 8.42. The Kier molecular flexibility index (Phi) is 16.9. The first kappa shape index (κ1) is 36.4. The van der Waals surface area contributed by atoms with Gasteiger partial charge in [-0.1, -0.05) is 70.7 Å². The van der Waals surface area contributed by atoms with Gasteiger partial charge in [0.25, 0.3) is 0 Å². The second-order valence-electron chi connectivity index (χ2n) is 7.35. The van der Waals surface area contributed by atoms with Crippen LogP contribution < -0.4 is 0 Å². The maximum atomic E-state index is 5.87. The molecule has 0 bridgehead atoms. The van der Waals surface area contributed by atoms with Gasteiger partial charge in [-0.05, 0) is 59.3 Å². The van der Waals surface area contributed by atoms with Gasteiger partial charge in [0.1, 0.15) is 0 Å². The van der Waals surface area contributed by atoms with Crippen LogP contribution in [0.25, 0.3) is 0 Å². The van der Waals surface area contributed by atoms with Crippen molar-refractivity contribution in [1.29, 1.82) is 0 Å². The molecule has 2 heterocycles.